The number of oxazole rings is 1. The molecule has 22 heavy (non-hydrogen) atoms. The Morgan fingerprint density at radius 1 is 1.59 bits per heavy atom. The highest BCUT2D eigenvalue weighted by molar-refractivity contribution is 5.79. The van der Waals surface area contributed by atoms with Gasteiger partial charge in [0.05, 0.1) is 5.52 Å². The molecule has 3 rings (SSSR count). The van der Waals surface area contributed by atoms with Crippen molar-refractivity contribution in [2.45, 2.75) is 13.5 Å². The molecule has 0 fully saturated rings. The van der Waals surface area contributed by atoms with E-state index in [9.17, 15) is 4.79 Å². The number of hydrogen-bond donors (Lipinski definition) is 2. The van der Waals surface area contributed by atoms with Crippen LogP contribution in [0.15, 0.2) is 33.6 Å². The average Bonchev–Trinajstić information content (AvgIpc) is 3.14. The van der Waals surface area contributed by atoms with Crippen molar-refractivity contribution >= 4 is 22.4 Å². The first-order valence-electron chi connectivity index (χ1n) is 6.47. The van der Waals surface area contributed by atoms with Crippen LogP contribution in [0, 0.1) is 11.3 Å². The van der Waals surface area contributed by atoms with Gasteiger partial charge in [0, 0.05) is 24.5 Å². The lowest BCUT2D eigenvalue weighted by Gasteiger charge is -2.01. The van der Waals surface area contributed by atoms with Crippen LogP contribution in [-0.2, 0) is 6.54 Å². The van der Waals surface area contributed by atoms with Crippen LogP contribution in [0.4, 0.5) is 5.69 Å². The van der Waals surface area contributed by atoms with E-state index in [2.05, 4.69) is 25.9 Å². The summed E-state index contributed by atoms with van der Waals surface area (Å²) in [6.07, 6.45) is 1.46. The summed E-state index contributed by atoms with van der Waals surface area (Å²) in [4.78, 5) is 11.6. The number of anilines is 1. The van der Waals surface area contributed by atoms with E-state index in [1.54, 1.807) is 18.2 Å². The van der Waals surface area contributed by atoms with Crippen LogP contribution < -0.4 is 11.1 Å². The number of nitriles is 1. The minimum Gasteiger partial charge on any atom is -0.408 e. The fourth-order valence-corrected chi connectivity index (χ4v) is 2.03. The first-order chi connectivity index (χ1) is 10.7. The van der Waals surface area contributed by atoms with Gasteiger partial charge in [0.1, 0.15) is 11.6 Å². The lowest BCUT2D eigenvalue weighted by molar-refractivity contribution is 0.513. The predicted molar refractivity (Wildman–Crippen MR) is 77.5 cm³/mol. The molecular weight excluding hydrogens is 286 g/mol. The van der Waals surface area contributed by atoms with E-state index in [0.717, 1.165) is 5.52 Å². The summed E-state index contributed by atoms with van der Waals surface area (Å²) in [5, 5.41) is 25.2. The lowest BCUT2D eigenvalue weighted by atomic mass is 10.2. The molecule has 0 saturated carbocycles. The number of tetrazole rings is 1. The van der Waals surface area contributed by atoms with Crippen molar-refractivity contribution < 1.29 is 4.42 Å². The number of H-pyrrole nitrogens is 1. The monoisotopic (exact) mass is 297 g/mol. The molecule has 110 valence electrons. The molecule has 0 radical (unpaired) electrons. The Morgan fingerprint density at radius 3 is 3.14 bits per heavy atom. The van der Waals surface area contributed by atoms with Crippen molar-refractivity contribution in [1.82, 2.24) is 25.2 Å². The summed E-state index contributed by atoms with van der Waals surface area (Å²) in [7, 11) is 0. The van der Waals surface area contributed by atoms with E-state index >= 15 is 0 Å². The van der Waals surface area contributed by atoms with Crippen LogP contribution in [0.25, 0.3) is 16.7 Å². The summed E-state index contributed by atoms with van der Waals surface area (Å²) in [6, 6.07) is 7.22. The molecule has 9 nitrogen and oxygen atoms in total. The van der Waals surface area contributed by atoms with E-state index in [-0.39, 0.29) is 11.4 Å². The van der Waals surface area contributed by atoms with Gasteiger partial charge in [-0.05, 0) is 24.3 Å². The number of fused-ring (bicyclic) bond motifs is 1. The van der Waals surface area contributed by atoms with Crippen molar-refractivity contribution in [3.05, 3.63) is 40.8 Å². The second-order valence-corrected chi connectivity index (χ2v) is 4.34. The van der Waals surface area contributed by atoms with Crippen LogP contribution in [-0.4, -0.2) is 25.2 Å². The molecule has 0 amide bonds. The molecule has 2 N–H and O–H groups in total. The van der Waals surface area contributed by atoms with Gasteiger partial charge in [0.25, 0.3) is 0 Å². The predicted octanol–water partition coefficient (Wildman–Crippen LogP) is 1.10. The zero-order valence-electron chi connectivity index (χ0n) is 11.6. The maximum Gasteiger partial charge on any atom is 0.419 e. The molecule has 3 aromatic rings. The van der Waals surface area contributed by atoms with Gasteiger partial charge in [-0.15, -0.1) is 10.2 Å². The Hall–Kier alpha value is -3.41. The van der Waals surface area contributed by atoms with Gasteiger partial charge in [-0.1, -0.05) is 0 Å². The number of nitrogens with one attached hydrogen (secondary N) is 2. The summed E-state index contributed by atoms with van der Waals surface area (Å²) in [5.41, 5.74) is 2.09. The van der Waals surface area contributed by atoms with Gasteiger partial charge in [-0.3, -0.25) is 4.57 Å². The molecule has 0 atom stereocenters. The molecule has 0 unspecified atom stereocenters. The van der Waals surface area contributed by atoms with E-state index in [1.807, 2.05) is 13.0 Å². The molecule has 0 aliphatic rings. The Kier molecular flexibility index (Phi) is 3.41. The second-order valence-electron chi connectivity index (χ2n) is 4.34. The summed E-state index contributed by atoms with van der Waals surface area (Å²) >= 11 is 0. The normalized spacial score (nSPS) is 11.5. The van der Waals surface area contributed by atoms with Crippen LogP contribution in [0.5, 0.6) is 0 Å². The van der Waals surface area contributed by atoms with E-state index in [4.69, 9.17) is 9.68 Å². The van der Waals surface area contributed by atoms with Crippen LogP contribution in [0.3, 0.4) is 0 Å². The molecule has 2 aromatic heterocycles. The third-order valence-electron chi connectivity index (χ3n) is 3.07. The molecule has 0 bridgehead atoms. The Balaban J connectivity index is 1.92. The van der Waals surface area contributed by atoms with Crippen molar-refractivity contribution in [1.29, 1.82) is 5.26 Å². The maximum absolute atomic E-state index is 11.6. The minimum absolute atomic E-state index is 0.194. The topological polar surface area (TPSA) is 125 Å². The Labute approximate surface area is 123 Å². The van der Waals surface area contributed by atoms with Gasteiger partial charge < -0.3 is 9.73 Å². The van der Waals surface area contributed by atoms with E-state index in [0.29, 0.717) is 17.8 Å². The number of aryl methyl sites for hydroxylation is 1. The first kappa shape index (κ1) is 13.6. The highest BCUT2D eigenvalue weighted by Crippen LogP contribution is 2.19. The number of aromatic nitrogens is 5. The van der Waals surface area contributed by atoms with Gasteiger partial charge in [0.2, 0.25) is 5.82 Å². The van der Waals surface area contributed by atoms with Gasteiger partial charge in [-0.2, -0.15) is 10.5 Å². The zero-order valence-corrected chi connectivity index (χ0v) is 11.6. The van der Waals surface area contributed by atoms with Crippen molar-refractivity contribution in [3.8, 4) is 6.07 Å². The highest BCUT2D eigenvalue weighted by Gasteiger charge is 2.09. The number of allylic oxidation sites excluding steroid dienone is 1. The van der Waals surface area contributed by atoms with Crippen molar-refractivity contribution in [2.75, 3.05) is 5.32 Å². The maximum atomic E-state index is 11.6. The van der Waals surface area contributed by atoms with Crippen LogP contribution in [0.1, 0.15) is 12.7 Å². The largest absolute Gasteiger partial charge is 0.419 e. The van der Waals surface area contributed by atoms with E-state index < -0.39 is 5.76 Å². The van der Waals surface area contributed by atoms with E-state index in [1.165, 1.54) is 10.8 Å². The smallest absolute Gasteiger partial charge is 0.408 e. The minimum atomic E-state index is -0.394. The number of hydrogen-bond acceptors (Lipinski definition) is 7. The Bertz CT molecular complexity index is 928. The third-order valence-corrected chi connectivity index (χ3v) is 3.07. The number of nitrogens with zero attached hydrogens (tertiary/aromatic N) is 5. The number of benzene rings is 1. The summed E-state index contributed by atoms with van der Waals surface area (Å²) < 4.78 is 6.71. The molecule has 0 aliphatic heterocycles. The third kappa shape index (κ3) is 2.33. The van der Waals surface area contributed by atoms with Gasteiger partial charge >= 0.3 is 5.76 Å². The average molecular weight is 297 g/mol. The van der Waals surface area contributed by atoms with Crippen LogP contribution >= 0.6 is 0 Å². The number of aromatic amines is 1. The van der Waals surface area contributed by atoms with Gasteiger partial charge in [0.15, 0.2) is 5.58 Å². The summed E-state index contributed by atoms with van der Waals surface area (Å²) in [6.45, 7) is 2.41. The molecule has 0 saturated heterocycles. The van der Waals surface area contributed by atoms with Gasteiger partial charge in [-0.25, -0.2) is 4.79 Å². The number of rotatable bonds is 4. The fraction of sp³-hybridized carbons (Fsp3) is 0.154. The molecule has 2 heterocycles. The SMILES string of the molecule is CCn1c(=O)oc2cc(NC=C(C#N)c3nn[nH]n3)ccc21. The summed E-state index contributed by atoms with van der Waals surface area (Å²) in [5.74, 6) is -0.200. The molecule has 1 aromatic carbocycles. The van der Waals surface area contributed by atoms with Crippen LogP contribution in [0.2, 0.25) is 0 Å². The standard InChI is InChI=1S/C13H11N7O2/c1-2-20-10-4-3-9(5-11(10)22-13(20)21)15-7-8(6-14)12-16-18-19-17-12/h3-5,7,15H,2H2,1H3,(H,16,17,18,19). The zero-order chi connectivity index (χ0) is 15.5. The first-order valence-corrected chi connectivity index (χ1v) is 6.47. The molecule has 9 heteroatoms. The second kappa shape index (κ2) is 5.53. The Morgan fingerprint density at radius 2 is 2.45 bits per heavy atom. The quantitative estimate of drug-likeness (QED) is 0.690. The fourth-order valence-electron chi connectivity index (χ4n) is 2.03. The van der Waals surface area contributed by atoms with Crippen molar-refractivity contribution in [2.24, 2.45) is 0 Å². The van der Waals surface area contributed by atoms with Crippen molar-refractivity contribution in [3.63, 3.8) is 0 Å². The lowest BCUT2D eigenvalue weighted by Crippen LogP contribution is -2.11. The molecular formula is C13H11N7O2. The highest BCUT2D eigenvalue weighted by atomic mass is 16.4. The molecule has 0 spiro atoms. The molecule has 0 aliphatic carbocycles.